The van der Waals surface area contributed by atoms with E-state index in [1.165, 1.54) is 0 Å². The molecule has 3 heterocycles. The highest BCUT2D eigenvalue weighted by Gasteiger charge is 2.35. The summed E-state index contributed by atoms with van der Waals surface area (Å²) in [6.45, 7) is 0.897. The van der Waals surface area contributed by atoms with Gasteiger partial charge in [-0.2, -0.15) is 0 Å². The number of rotatable bonds is 9. The van der Waals surface area contributed by atoms with Crippen LogP contribution < -0.4 is 9.47 Å². The molecule has 0 spiro atoms. The number of carbonyl (C=O) groups is 1. The molecule has 9 nitrogen and oxygen atoms in total. The number of methoxy groups -OCH3 is 1. The van der Waals surface area contributed by atoms with E-state index in [1.54, 1.807) is 19.5 Å². The van der Waals surface area contributed by atoms with E-state index in [-0.39, 0.29) is 5.92 Å². The van der Waals surface area contributed by atoms with Gasteiger partial charge in [0, 0.05) is 41.9 Å². The molecule has 7 rings (SSSR count). The maximum atomic E-state index is 12.3. The first-order valence-corrected chi connectivity index (χ1v) is 15.2. The summed E-state index contributed by atoms with van der Waals surface area (Å²) < 4.78 is 13.4. The van der Waals surface area contributed by atoms with Gasteiger partial charge in [0.25, 0.3) is 0 Å². The summed E-state index contributed by atoms with van der Waals surface area (Å²) in [7, 11) is 1.54. The number of aromatic nitrogens is 5. The topological polar surface area (TPSA) is 112 Å². The van der Waals surface area contributed by atoms with Gasteiger partial charge in [0.2, 0.25) is 0 Å². The highest BCUT2D eigenvalue weighted by molar-refractivity contribution is 5.79. The Balaban J connectivity index is 1.19. The van der Waals surface area contributed by atoms with Crippen molar-refractivity contribution in [2.75, 3.05) is 7.11 Å². The number of fused-ring (bicyclic) bond motifs is 2. The lowest BCUT2D eigenvalue weighted by atomic mass is 9.78. The quantitative estimate of drug-likeness (QED) is 0.188. The van der Waals surface area contributed by atoms with Crippen molar-refractivity contribution in [3.05, 3.63) is 108 Å². The van der Waals surface area contributed by atoms with E-state index in [9.17, 15) is 9.90 Å². The molecule has 0 aliphatic heterocycles. The van der Waals surface area contributed by atoms with Crippen molar-refractivity contribution in [3.63, 3.8) is 0 Å². The number of hydrogen-bond donors (Lipinski definition) is 1. The first-order valence-electron chi connectivity index (χ1n) is 15.2. The van der Waals surface area contributed by atoms with Gasteiger partial charge in [-0.05, 0) is 48.2 Å². The Hall–Kier alpha value is -5.31. The molecule has 6 aromatic rings. The molecule has 0 unspecified atom stereocenters. The molecule has 0 radical (unpaired) electrons. The molecule has 45 heavy (non-hydrogen) atoms. The molecule has 1 fully saturated rings. The summed E-state index contributed by atoms with van der Waals surface area (Å²) >= 11 is 0. The second-order valence-electron chi connectivity index (χ2n) is 11.5. The van der Waals surface area contributed by atoms with Crippen LogP contribution in [0.15, 0.2) is 91.3 Å². The van der Waals surface area contributed by atoms with E-state index >= 15 is 0 Å². The first kappa shape index (κ1) is 28.5. The first-order chi connectivity index (χ1) is 22.1. The largest absolute Gasteiger partial charge is 0.487 e. The Morgan fingerprint density at radius 2 is 1.69 bits per heavy atom. The van der Waals surface area contributed by atoms with Crippen molar-refractivity contribution < 1.29 is 19.4 Å². The van der Waals surface area contributed by atoms with E-state index in [2.05, 4.69) is 32.7 Å². The van der Waals surface area contributed by atoms with E-state index in [0.717, 1.165) is 69.4 Å². The number of para-hydroxylation sites is 1. The fraction of sp³-hybridized carbons (Fsp3) is 0.250. The molecule has 9 heteroatoms. The normalized spacial score (nSPS) is 16.6. The Morgan fingerprint density at radius 1 is 0.889 bits per heavy atom. The zero-order chi connectivity index (χ0) is 30.8. The van der Waals surface area contributed by atoms with Crippen LogP contribution in [0.1, 0.15) is 48.7 Å². The maximum Gasteiger partial charge on any atom is 0.316 e. The van der Waals surface area contributed by atoms with Crippen molar-refractivity contribution >= 4 is 27.9 Å². The third-order valence-corrected chi connectivity index (χ3v) is 8.65. The molecular formula is C36H33N5O4. The van der Waals surface area contributed by atoms with Gasteiger partial charge in [0.05, 0.1) is 35.3 Å². The Labute approximate surface area is 260 Å². The summed E-state index contributed by atoms with van der Waals surface area (Å²) in [5.41, 5.74) is 6.49. The van der Waals surface area contributed by atoms with Crippen LogP contribution in [0.5, 0.6) is 11.8 Å². The molecule has 0 bridgehead atoms. The van der Waals surface area contributed by atoms with Gasteiger partial charge in [-0.1, -0.05) is 61.4 Å². The smallest absolute Gasteiger partial charge is 0.316 e. The molecule has 1 aliphatic rings. The van der Waals surface area contributed by atoms with Crippen molar-refractivity contribution in [1.29, 1.82) is 0 Å². The lowest BCUT2D eigenvalue weighted by molar-refractivity contribution is -0.143. The fourth-order valence-electron chi connectivity index (χ4n) is 6.30. The van der Waals surface area contributed by atoms with Crippen LogP contribution in [0.4, 0.5) is 0 Å². The van der Waals surface area contributed by atoms with Gasteiger partial charge in [-0.3, -0.25) is 4.79 Å². The van der Waals surface area contributed by atoms with Crippen LogP contribution in [0.2, 0.25) is 0 Å². The van der Waals surface area contributed by atoms with Crippen molar-refractivity contribution in [2.24, 2.45) is 5.92 Å². The summed E-state index contributed by atoms with van der Waals surface area (Å²) in [5, 5.41) is 11.2. The van der Waals surface area contributed by atoms with Crippen LogP contribution in [0.25, 0.3) is 33.1 Å². The average Bonchev–Trinajstić information content (AvgIpc) is 3.44. The molecule has 1 saturated carbocycles. The minimum atomic E-state index is -0.753. The number of hydrogen-bond acceptors (Lipinski definition) is 7. The molecular weight excluding hydrogens is 566 g/mol. The van der Waals surface area contributed by atoms with Gasteiger partial charge in [-0.25, -0.2) is 19.9 Å². The minimum Gasteiger partial charge on any atom is -0.487 e. The zero-order valence-electron chi connectivity index (χ0n) is 25.0. The van der Waals surface area contributed by atoms with Crippen molar-refractivity contribution in [1.82, 2.24) is 24.5 Å². The standard InChI is InChI=1S/C36H33N5O4/c1-44-36-37-19-26(20-38-36)24-12-10-23(11-13-24)21-41-33-17-16-28(45-22-27-15-14-25-6-2-5-9-31(25)39-27)18-32(33)40-34(41)29-7-3-4-8-30(29)35(42)43/h2,5-6,9-20,29-30H,3-4,7-8,21-22H2,1H3,(H,42,43)/t29-,30+/m1/s1. The molecule has 3 aromatic carbocycles. The SMILES string of the molecule is COc1ncc(-c2ccc(Cn3c([C@@H]4CCCC[C@@H]4C(=O)O)nc4cc(OCc5ccc6ccccc6n5)ccc43)cc2)cn1. The predicted octanol–water partition coefficient (Wildman–Crippen LogP) is 7.04. The van der Waals surface area contributed by atoms with Crippen molar-refractivity contribution in [2.45, 2.75) is 44.8 Å². The van der Waals surface area contributed by atoms with Crippen LogP contribution in [0.3, 0.4) is 0 Å². The van der Waals surface area contributed by atoms with E-state index in [0.29, 0.717) is 31.3 Å². The number of benzene rings is 3. The fourth-order valence-corrected chi connectivity index (χ4v) is 6.30. The molecule has 0 amide bonds. The summed E-state index contributed by atoms with van der Waals surface area (Å²) in [6.07, 6.45) is 6.86. The highest BCUT2D eigenvalue weighted by Crippen LogP contribution is 2.39. The minimum absolute atomic E-state index is 0.162. The number of imidazole rings is 1. The van der Waals surface area contributed by atoms with E-state index < -0.39 is 11.9 Å². The molecule has 0 saturated heterocycles. The van der Waals surface area contributed by atoms with Crippen LogP contribution in [0, 0.1) is 5.92 Å². The second kappa shape index (κ2) is 12.4. The van der Waals surface area contributed by atoms with Gasteiger partial charge < -0.3 is 19.1 Å². The van der Waals surface area contributed by atoms with Crippen molar-refractivity contribution in [3.8, 4) is 22.9 Å². The predicted molar refractivity (Wildman–Crippen MR) is 171 cm³/mol. The van der Waals surface area contributed by atoms with Gasteiger partial charge in [0.15, 0.2) is 0 Å². The van der Waals surface area contributed by atoms with Crippen LogP contribution >= 0.6 is 0 Å². The maximum absolute atomic E-state index is 12.3. The number of carboxylic acids is 1. The lowest BCUT2D eigenvalue weighted by Crippen LogP contribution is -2.27. The molecule has 3 aromatic heterocycles. The Bertz CT molecular complexity index is 1970. The van der Waals surface area contributed by atoms with E-state index in [4.69, 9.17) is 19.4 Å². The number of nitrogens with zero attached hydrogens (tertiary/aromatic N) is 5. The molecule has 1 aliphatic carbocycles. The third kappa shape index (κ3) is 5.93. The number of pyridine rings is 1. The Kier molecular flexibility index (Phi) is 7.82. The number of ether oxygens (including phenoxy) is 2. The molecule has 226 valence electrons. The van der Waals surface area contributed by atoms with Gasteiger partial charge in [-0.15, -0.1) is 0 Å². The molecule has 1 N–H and O–H groups in total. The second-order valence-corrected chi connectivity index (χ2v) is 11.5. The van der Waals surface area contributed by atoms with Crippen LogP contribution in [-0.4, -0.2) is 42.7 Å². The average molecular weight is 600 g/mol. The third-order valence-electron chi connectivity index (χ3n) is 8.65. The summed E-state index contributed by atoms with van der Waals surface area (Å²) in [4.78, 5) is 30.5. The number of aliphatic carboxylic acids is 1. The number of carboxylic acid groups (broad SMARTS) is 1. The van der Waals surface area contributed by atoms with Crippen LogP contribution in [-0.2, 0) is 17.9 Å². The summed E-state index contributed by atoms with van der Waals surface area (Å²) in [6, 6.07) is 26.6. The zero-order valence-corrected chi connectivity index (χ0v) is 25.0. The molecule has 2 atom stereocenters. The van der Waals surface area contributed by atoms with Gasteiger partial charge >= 0.3 is 12.0 Å². The lowest BCUT2D eigenvalue weighted by Gasteiger charge is -2.28. The monoisotopic (exact) mass is 599 g/mol. The highest BCUT2D eigenvalue weighted by atomic mass is 16.5. The van der Waals surface area contributed by atoms with E-state index in [1.807, 2.05) is 60.7 Å². The Morgan fingerprint density at radius 3 is 2.49 bits per heavy atom. The summed E-state index contributed by atoms with van der Waals surface area (Å²) in [5.74, 6) is 0.138. The van der Waals surface area contributed by atoms with Gasteiger partial charge in [0.1, 0.15) is 18.2 Å².